The molecule has 15 heteroatoms. The number of halogens is 3. The van der Waals surface area contributed by atoms with Crippen LogP contribution >= 0.6 is 0 Å². The van der Waals surface area contributed by atoms with Gasteiger partial charge in [-0.25, -0.2) is 18.4 Å². The normalized spacial score (nSPS) is 16.3. The van der Waals surface area contributed by atoms with Crippen molar-refractivity contribution in [3.8, 4) is 11.8 Å². The third-order valence-corrected chi connectivity index (χ3v) is 8.45. The van der Waals surface area contributed by atoms with Crippen molar-refractivity contribution in [3.63, 3.8) is 0 Å². The summed E-state index contributed by atoms with van der Waals surface area (Å²) in [6, 6.07) is 10.3. The van der Waals surface area contributed by atoms with Crippen molar-refractivity contribution < 1.29 is 35.9 Å². The molecule has 0 atom stereocenters. The maximum absolute atomic E-state index is 13.7. The van der Waals surface area contributed by atoms with Crippen LogP contribution in [0.1, 0.15) is 39.3 Å². The van der Waals surface area contributed by atoms with Crippen LogP contribution in [-0.2, 0) is 26.1 Å². The number of hydrogen-bond acceptors (Lipinski definition) is 7. The molecule has 3 aromatic rings. The molecule has 45 heavy (non-hydrogen) atoms. The number of fused-ring (bicyclic) bond motifs is 3. The molecular weight excluding hydrogens is 613 g/mol. The number of nitrogens with two attached hydrogens (primary N) is 1. The Hall–Kier alpha value is -4.42. The molecule has 1 spiro atoms. The summed E-state index contributed by atoms with van der Waals surface area (Å²) in [7, 11) is -3.84. The lowest BCUT2D eigenvalue weighted by molar-refractivity contribution is -0.140. The van der Waals surface area contributed by atoms with Crippen molar-refractivity contribution in [2.24, 2.45) is 5.14 Å². The van der Waals surface area contributed by atoms with Gasteiger partial charge in [0.15, 0.2) is 0 Å². The van der Waals surface area contributed by atoms with Crippen LogP contribution < -0.4 is 21.1 Å². The van der Waals surface area contributed by atoms with Crippen molar-refractivity contribution in [1.82, 2.24) is 9.47 Å². The number of amides is 2. The van der Waals surface area contributed by atoms with Crippen LogP contribution in [0.3, 0.4) is 0 Å². The topological polar surface area (TPSA) is 148 Å². The smallest absolute Gasteiger partial charge is 0.410 e. The van der Waals surface area contributed by atoms with E-state index < -0.39 is 40.0 Å². The lowest BCUT2D eigenvalue weighted by Gasteiger charge is -2.44. The summed E-state index contributed by atoms with van der Waals surface area (Å²) in [6.45, 7) is 4.61. The zero-order valence-electron chi connectivity index (χ0n) is 24.8. The van der Waals surface area contributed by atoms with Gasteiger partial charge in [0.25, 0.3) is 0 Å². The molecule has 0 aliphatic carbocycles. The quantitative estimate of drug-likeness (QED) is 0.306. The summed E-state index contributed by atoms with van der Waals surface area (Å²) in [5.41, 5.74) is 0.126. The van der Waals surface area contributed by atoms with E-state index in [1.165, 1.54) is 35.2 Å². The van der Waals surface area contributed by atoms with E-state index in [4.69, 9.17) is 9.88 Å². The first-order chi connectivity index (χ1) is 20.9. The molecule has 0 saturated carbocycles. The van der Waals surface area contributed by atoms with Crippen molar-refractivity contribution in [3.05, 3.63) is 48.2 Å². The minimum Gasteiger partial charge on any atom is -0.444 e. The second-order valence-electron chi connectivity index (χ2n) is 12.0. The average Bonchev–Trinajstić information content (AvgIpc) is 3.27. The van der Waals surface area contributed by atoms with Crippen LogP contribution in [0.25, 0.3) is 10.9 Å². The first-order valence-electron chi connectivity index (χ1n) is 14.1. The van der Waals surface area contributed by atoms with Gasteiger partial charge in [-0.2, -0.15) is 13.2 Å². The molecule has 11 nitrogen and oxygen atoms in total. The van der Waals surface area contributed by atoms with Gasteiger partial charge in [0.1, 0.15) is 17.7 Å². The molecule has 2 aliphatic heterocycles. The number of primary sulfonamides is 1. The lowest BCUT2D eigenvalue weighted by Crippen LogP contribution is -2.59. The first-order valence-corrected chi connectivity index (χ1v) is 15.6. The number of piperidine rings is 1. The summed E-state index contributed by atoms with van der Waals surface area (Å²) in [5, 5.41) is 14.8. The predicted octanol–water partition coefficient (Wildman–Crippen LogP) is 4.45. The number of alkyl halides is 3. The van der Waals surface area contributed by atoms with E-state index in [1.807, 2.05) is 0 Å². The molecular formula is C30H33F3N6O5S. The van der Waals surface area contributed by atoms with Crippen molar-refractivity contribution in [1.29, 1.82) is 0 Å². The fourth-order valence-electron chi connectivity index (χ4n) is 5.36. The third kappa shape index (κ3) is 7.12. The number of rotatable bonds is 4. The van der Waals surface area contributed by atoms with Crippen LogP contribution in [0.4, 0.5) is 35.0 Å². The summed E-state index contributed by atoms with van der Waals surface area (Å²) in [6.07, 6.45) is -4.46. The van der Waals surface area contributed by atoms with Gasteiger partial charge >= 0.3 is 12.3 Å². The van der Waals surface area contributed by atoms with Gasteiger partial charge in [-0.15, -0.1) is 0 Å². The highest BCUT2D eigenvalue weighted by Gasteiger charge is 2.46. The van der Waals surface area contributed by atoms with Crippen molar-refractivity contribution in [2.45, 2.75) is 62.4 Å². The number of aromatic nitrogens is 1. The highest BCUT2D eigenvalue weighted by molar-refractivity contribution is 7.89. The zero-order valence-corrected chi connectivity index (χ0v) is 25.7. The Morgan fingerprint density at radius 1 is 1.11 bits per heavy atom. The Bertz CT molecular complexity index is 1810. The largest absolute Gasteiger partial charge is 0.444 e. The summed E-state index contributed by atoms with van der Waals surface area (Å²) in [4.78, 5) is 27.3. The summed E-state index contributed by atoms with van der Waals surface area (Å²) < 4.78 is 70.5. The number of sulfonamides is 1. The number of carbonyl (C=O) groups is 2. The first kappa shape index (κ1) is 32.0. The van der Waals surface area contributed by atoms with Gasteiger partial charge in [-0.1, -0.05) is 5.92 Å². The molecule has 2 amide bonds. The maximum atomic E-state index is 13.7. The Morgan fingerprint density at radius 3 is 2.38 bits per heavy atom. The van der Waals surface area contributed by atoms with E-state index in [9.17, 15) is 31.2 Å². The van der Waals surface area contributed by atoms with Crippen LogP contribution in [-0.4, -0.2) is 66.8 Å². The average molecular weight is 647 g/mol. The van der Waals surface area contributed by atoms with E-state index in [0.29, 0.717) is 22.4 Å². The number of ether oxygens (including phenoxy) is 1. The van der Waals surface area contributed by atoms with Crippen LogP contribution in [0.2, 0.25) is 0 Å². The third-order valence-electron chi connectivity index (χ3n) is 7.52. The number of nitrogens with one attached hydrogen (secondary N) is 3. The predicted molar refractivity (Wildman–Crippen MR) is 163 cm³/mol. The van der Waals surface area contributed by atoms with E-state index in [2.05, 4.69) is 27.8 Å². The highest BCUT2D eigenvalue weighted by Crippen LogP contribution is 2.42. The van der Waals surface area contributed by atoms with Crippen molar-refractivity contribution in [2.75, 3.05) is 35.6 Å². The Morgan fingerprint density at radius 2 is 1.78 bits per heavy atom. The lowest BCUT2D eigenvalue weighted by atomic mass is 9.84. The summed E-state index contributed by atoms with van der Waals surface area (Å²) >= 11 is 0. The number of hydrogen-bond donors (Lipinski definition) is 4. The molecule has 0 unspecified atom stereocenters. The second-order valence-corrected chi connectivity index (χ2v) is 13.6. The highest BCUT2D eigenvalue weighted by atomic mass is 32.2. The Kier molecular flexibility index (Phi) is 8.17. The molecule has 2 aromatic carbocycles. The van der Waals surface area contributed by atoms with Gasteiger partial charge in [0.05, 0.1) is 34.0 Å². The molecule has 2 aliphatic rings. The van der Waals surface area contributed by atoms with E-state index >= 15 is 0 Å². The van der Waals surface area contributed by atoms with E-state index in [1.54, 1.807) is 32.9 Å². The van der Waals surface area contributed by atoms with E-state index in [-0.39, 0.29) is 54.5 Å². The molecule has 3 heterocycles. The summed E-state index contributed by atoms with van der Waals surface area (Å²) in [5.74, 6) is 5.36. The van der Waals surface area contributed by atoms with Crippen LogP contribution in [0.5, 0.6) is 0 Å². The molecule has 1 fully saturated rings. The second kappa shape index (κ2) is 11.5. The minimum atomic E-state index is -4.53. The molecule has 1 aromatic heterocycles. The van der Waals surface area contributed by atoms with Gasteiger partial charge in [0, 0.05) is 24.2 Å². The molecule has 5 N–H and O–H groups in total. The number of nitrogens with zero attached hydrogens (tertiary/aromatic N) is 2. The zero-order chi connectivity index (χ0) is 32.8. The van der Waals surface area contributed by atoms with E-state index in [0.717, 1.165) is 4.57 Å². The van der Waals surface area contributed by atoms with Gasteiger partial charge in [0.2, 0.25) is 15.9 Å². The monoisotopic (exact) mass is 646 g/mol. The minimum absolute atomic E-state index is 0.0562. The molecule has 0 radical (unpaired) electrons. The fraction of sp³-hybridized carbons (Fsp3) is 0.400. The standard InChI is InChI=1S/C30H33F3N6O5S/c1-28(2,3)44-27(41)38-15-12-29(13-16-38)26(40)36-23-10-11-24-22(25(23)37-29)17-20(39(24)18-30(31,32)33)5-4-14-35-19-6-8-21(9-7-19)45(34,42)43/h6-11,17,35,37H,12-16,18H2,1-3H3,(H,36,40)(H2,34,42,43). The number of likely N-dealkylation sites (tertiary alicyclic amines) is 1. The molecule has 5 rings (SSSR count). The number of carbonyl (C=O) groups excluding carboxylic acids is 2. The maximum Gasteiger partial charge on any atom is 0.410 e. The number of benzene rings is 2. The molecule has 240 valence electrons. The van der Waals surface area contributed by atoms with Crippen LogP contribution in [0, 0.1) is 11.8 Å². The molecule has 0 bridgehead atoms. The van der Waals surface area contributed by atoms with Gasteiger partial charge in [-0.05, 0) is 82.0 Å². The van der Waals surface area contributed by atoms with Crippen LogP contribution in [0.15, 0.2) is 47.4 Å². The fourth-order valence-corrected chi connectivity index (χ4v) is 5.87. The Balaban J connectivity index is 1.40. The van der Waals surface area contributed by atoms with Gasteiger partial charge in [-0.3, -0.25) is 4.79 Å². The molecule has 1 saturated heterocycles. The SMILES string of the molecule is CC(C)(C)OC(=O)N1CCC2(CC1)Nc1c(ccc3c1cc(C#CCNc1ccc(S(N)(=O)=O)cc1)n3CC(F)(F)F)NC2=O. The Labute approximate surface area is 258 Å². The van der Waals surface area contributed by atoms with Gasteiger partial charge < -0.3 is 30.2 Å². The van der Waals surface area contributed by atoms with Crippen molar-refractivity contribution >= 4 is 50.0 Å². The number of anilines is 3.